The summed E-state index contributed by atoms with van der Waals surface area (Å²) < 4.78 is 5.40. The fourth-order valence-corrected chi connectivity index (χ4v) is 6.73. The SMILES string of the molecule is COc1ccc2ncc(Cl)c(CCCC3(CO)CCN(CCCSc4ccsc4)CC3)c2c1. The molecule has 4 rings (SSSR count). The Morgan fingerprint density at radius 2 is 2.09 bits per heavy atom. The number of rotatable bonds is 11. The molecule has 0 radical (unpaired) electrons. The van der Waals surface area contributed by atoms with E-state index in [2.05, 4.69) is 26.7 Å². The number of aryl methyl sites for hydroxylation is 1. The Kier molecular flexibility index (Phi) is 8.94. The summed E-state index contributed by atoms with van der Waals surface area (Å²) in [5.41, 5.74) is 2.11. The number of hydrogen-bond donors (Lipinski definition) is 1. The van der Waals surface area contributed by atoms with Gasteiger partial charge in [-0.15, -0.1) is 11.8 Å². The molecule has 1 fully saturated rings. The summed E-state index contributed by atoms with van der Waals surface area (Å²) >= 11 is 10.3. The lowest BCUT2D eigenvalue weighted by Gasteiger charge is -2.41. The number of ether oxygens (including phenoxy) is 1. The van der Waals surface area contributed by atoms with Crippen LogP contribution in [0.4, 0.5) is 0 Å². The van der Waals surface area contributed by atoms with E-state index in [1.165, 1.54) is 17.1 Å². The molecule has 178 valence electrons. The molecule has 0 saturated carbocycles. The second-order valence-corrected chi connectivity index (χ2v) is 11.3. The van der Waals surface area contributed by atoms with E-state index in [1.807, 2.05) is 30.0 Å². The van der Waals surface area contributed by atoms with Crippen molar-refractivity contribution in [1.29, 1.82) is 0 Å². The van der Waals surface area contributed by atoms with Crippen LogP contribution < -0.4 is 4.74 Å². The van der Waals surface area contributed by atoms with Crippen LogP contribution in [0.3, 0.4) is 0 Å². The fourth-order valence-electron chi connectivity index (χ4n) is 4.77. The average Bonchev–Trinajstić information content (AvgIpc) is 3.37. The molecule has 3 heterocycles. The highest BCUT2D eigenvalue weighted by atomic mass is 35.5. The summed E-state index contributed by atoms with van der Waals surface area (Å²) in [6.07, 6.45) is 8.02. The molecule has 4 nitrogen and oxygen atoms in total. The number of halogens is 1. The van der Waals surface area contributed by atoms with Gasteiger partial charge in [0, 0.05) is 28.5 Å². The number of fused-ring (bicyclic) bond motifs is 1. The van der Waals surface area contributed by atoms with E-state index in [9.17, 15) is 5.11 Å². The first-order chi connectivity index (χ1) is 16.1. The second kappa shape index (κ2) is 11.9. The number of benzene rings is 1. The van der Waals surface area contributed by atoms with Crippen LogP contribution in [0, 0.1) is 5.41 Å². The first-order valence-corrected chi connectivity index (χ1v) is 14.0. The number of thioether (sulfide) groups is 1. The van der Waals surface area contributed by atoms with Crippen molar-refractivity contribution in [1.82, 2.24) is 9.88 Å². The summed E-state index contributed by atoms with van der Waals surface area (Å²) in [5.74, 6) is 1.99. The molecule has 1 aromatic carbocycles. The van der Waals surface area contributed by atoms with E-state index in [-0.39, 0.29) is 12.0 Å². The number of likely N-dealkylation sites (tertiary alicyclic amines) is 1. The quantitative estimate of drug-likeness (QED) is 0.237. The van der Waals surface area contributed by atoms with E-state index >= 15 is 0 Å². The number of pyridine rings is 1. The molecule has 0 amide bonds. The van der Waals surface area contributed by atoms with Gasteiger partial charge in [-0.2, -0.15) is 11.3 Å². The Labute approximate surface area is 210 Å². The lowest BCUT2D eigenvalue weighted by molar-refractivity contribution is 0.0358. The van der Waals surface area contributed by atoms with Crippen LogP contribution in [-0.4, -0.2) is 54.1 Å². The van der Waals surface area contributed by atoms with Gasteiger partial charge in [0.25, 0.3) is 0 Å². The third kappa shape index (κ3) is 6.43. The molecule has 7 heteroatoms. The normalized spacial score (nSPS) is 16.3. The number of aliphatic hydroxyl groups is 1. The molecule has 2 aromatic heterocycles. The van der Waals surface area contributed by atoms with Crippen molar-refractivity contribution in [2.45, 2.75) is 43.4 Å². The molecule has 0 spiro atoms. The Morgan fingerprint density at radius 3 is 2.82 bits per heavy atom. The Morgan fingerprint density at radius 1 is 1.24 bits per heavy atom. The van der Waals surface area contributed by atoms with Crippen molar-refractivity contribution < 1.29 is 9.84 Å². The molecular weight excluding hydrogens is 472 g/mol. The van der Waals surface area contributed by atoms with Crippen molar-refractivity contribution in [2.24, 2.45) is 5.41 Å². The number of nitrogens with zero attached hydrogens (tertiary/aromatic N) is 2. The Hall–Kier alpha value is -1.31. The molecule has 0 atom stereocenters. The van der Waals surface area contributed by atoms with Crippen LogP contribution in [0.25, 0.3) is 10.9 Å². The molecule has 1 N–H and O–H groups in total. The highest BCUT2D eigenvalue weighted by Crippen LogP contribution is 2.37. The van der Waals surface area contributed by atoms with E-state index in [0.717, 1.165) is 74.0 Å². The maximum atomic E-state index is 10.3. The molecular formula is C26H33ClN2O2S2. The molecule has 1 aliphatic heterocycles. The van der Waals surface area contributed by atoms with Gasteiger partial charge in [0.15, 0.2) is 0 Å². The van der Waals surface area contributed by atoms with Crippen molar-refractivity contribution in [3.8, 4) is 5.75 Å². The minimum Gasteiger partial charge on any atom is -0.497 e. The number of aromatic nitrogens is 1. The lowest BCUT2D eigenvalue weighted by Crippen LogP contribution is -2.42. The Bertz CT molecular complexity index is 1020. The zero-order chi connectivity index (χ0) is 23.1. The van der Waals surface area contributed by atoms with E-state index in [1.54, 1.807) is 24.6 Å². The minimum absolute atomic E-state index is 0.0366. The maximum Gasteiger partial charge on any atom is 0.119 e. The van der Waals surface area contributed by atoms with Gasteiger partial charge in [0.1, 0.15) is 5.75 Å². The molecule has 33 heavy (non-hydrogen) atoms. The fraction of sp³-hybridized carbons (Fsp3) is 0.500. The average molecular weight is 505 g/mol. The largest absolute Gasteiger partial charge is 0.497 e. The number of aliphatic hydroxyl groups excluding tert-OH is 1. The standard InChI is InChI=1S/C26H33ClN2O2S2/c1-31-20-5-6-25-23(16-20)22(24(27)17-28-25)4-2-8-26(19-30)9-12-29(13-10-26)11-3-14-33-21-7-15-32-18-21/h5-7,15-18,30H,2-4,8-14,19H2,1H3. The van der Waals surface area contributed by atoms with Gasteiger partial charge in [-0.25, -0.2) is 0 Å². The van der Waals surface area contributed by atoms with Crippen molar-refractivity contribution in [2.75, 3.05) is 39.1 Å². The van der Waals surface area contributed by atoms with Gasteiger partial charge in [-0.1, -0.05) is 11.6 Å². The van der Waals surface area contributed by atoms with E-state index in [4.69, 9.17) is 16.3 Å². The van der Waals surface area contributed by atoms with Crippen molar-refractivity contribution in [3.63, 3.8) is 0 Å². The van der Waals surface area contributed by atoms with E-state index < -0.39 is 0 Å². The topological polar surface area (TPSA) is 45.6 Å². The number of thiophene rings is 1. The zero-order valence-corrected chi connectivity index (χ0v) is 21.7. The summed E-state index contributed by atoms with van der Waals surface area (Å²) in [4.78, 5) is 8.42. The van der Waals surface area contributed by atoms with Gasteiger partial charge in [-0.3, -0.25) is 4.98 Å². The molecule has 3 aromatic rings. The number of methoxy groups -OCH3 is 1. The zero-order valence-electron chi connectivity index (χ0n) is 19.3. The monoisotopic (exact) mass is 504 g/mol. The van der Waals surface area contributed by atoms with Crippen LogP contribution in [0.2, 0.25) is 5.02 Å². The van der Waals surface area contributed by atoms with Gasteiger partial charge in [0.05, 0.1) is 17.6 Å². The first-order valence-electron chi connectivity index (χ1n) is 11.7. The molecule has 1 saturated heterocycles. The smallest absolute Gasteiger partial charge is 0.119 e. The van der Waals surface area contributed by atoms with Crippen LogP contribution >= 0.6 is 34.7 Å². The van der Waals surface area contributed by atoms with Crippen molar-refractivity contribution >= 4 is 45.6 Å². The third-order valence-corrected chi connectivity index (χ3v) is 9.14. The highest BCUT2D eigenvalue weighted by molar-refractivity contribution is 7.99. The van der Waals surface area contributed by atoms with Crippen LogP contribution in [0.5, 0.6) is 5.75 Å². The summed E-state index contributed by atoms with van der Waals surface area (Å²) in [7, 11) is 1.68. The molecule has 1 aliphatic rings. The van der Waals surface area contributed by atoms with Crippen LogP contribution in [0.15, 0.2) is 46.1 Å². The maximum absolute atomic E-state index is 10.3. The Balaban J connectivity index is 1.27. The highest BCUT2D eigenvalue weighted by Gasteiger charge is 2.33. The van der Waals surface area contributed by atoms with Gasteiger partial charge in [0.2, 0.25) is 0 Å². The summed E-state index contributed by atoms with van der Waals surface area (Å²) in [6.45, 7) is 3.59. The number of hydrogen-bond acceptors (Lipinski definition) is 6. The summed E-state index contributed by atoms with van der Waals surface area (Å²) in [5, 5.41) is 16.4. The van der Waals surface area contributed by atoms with Crippen LogP contribution in [-0.2, 0) is 6.42 Å². The van der Waals surface area contributed by atoms with Crippen molar-refractivity contribution in [3.05, 3.63) is 51.8 Å². The molecule has 0 bridgehead atoms. The van der Waals surface area contributed by atoms with Crippen LogP contribution in [0.1, 0.15) is 37.7 Å². The lowest BCUT2D eigenvalue weighted by atomic mass is 9.75. The minimum atomic E-state index is 0.0366. The summed E-state index contributed by atoms with van der Waals surface area (Å²) in [6, 6.07) is 8.14. The predicted molar refractivity (Wildman–Crippen MR) is 141 cm³/mol. The van der Waals surface area contributed by atoms with E-state index in [0.29, 0.717) is 5.02 Å². The van der Waals surface area contributed by atoms with Gasteiger partial charge >= 0.3 is 0 Å². The third-order valence-electron chi connectivity index (χ3n) is 6.90. The molecule has 0 unspecified atom stereocenters. The molecule has 0 aliphatic carbocycles. The van der Waals surface area contributed by atoms with Gasteiger partial charge < -0.3 is 14.7 Å². The predicted octanol–water partition coefficient (Wildman–Crippen LogP) is 6.54. The number of piperidine rings is 1. The first kappa shape index (κ1) is 24.8. The van der Waals surface area contributed by atoms with Gasteiger partial charge in [-0.05, 0) is 105 Å². The second-order valence-electron chi connectivity index (χ2n) is 8.98.